The van der Waals surface area contributed by atoms with E-state index >= 15 is 0 Å². The maximum atomic E-state index is 12.0. The van der Waals surface area contributed by atoms with Crippen molar-refractivity contribution < 1.29 is 9.90 Å². The maximum absolute atomic E-state index is 12.0. The zero-order chi connectivity index (χ0) is 13.3. The molecule has 2 aromatic rings. The molecule has 0 radical (unpaired) electrons. The number of carbonyl (C=O) groups excluding carboxylic acids is 1. The fourth-order valence-corrected chi connectivity index (χ4v) is 1.71. The van der Waals surface area contributed by atoms with Crippen molar-refractivity contribution in [3.05, 3.63) is 36.4 Å². The van der Waals surface area contributed by atoms with E-state index in [1.54, 1.807) is 12.1 Å². The Hall–Kier alpha value is -2.03. The van der Waals surface area contributed by atoms with Gasteiger partial charge in [0.15, 0.2) is 0 Å². The molecule has 18 heavy (non-hydrogen) atoms. The first kappa shape index (κ1) is 12.4. The molecule has 0 unspecified atom stereocenters. The summed E-state index contributed by atoms with van der Waals surface area (Å²) in [6.45, 7) is 5.60. The number of benzene rings is 2. The molecule has 0 aromatic heterocycles. The van der Waals surface area contributed by atoms with E-state index in [4.69, 9.17) is 0 Å². The second kappa shape index (κ2) is 4.33. The summed E-state index contributed by atoms with van der Waals surface area (Å²) >= 11 is 0. The van der Waals surface area contributed by atoms with Crippen LogP contribution < -0.4 is 5.32 Å². The lowest BCUT2D eigenvalue weighted by Crippen LogP contribution is -2.27. The third-order valence-electron chi connectivity index (χ3n) is 2.83. The smallest absolute Gasteiger partial charge is 0.229 e. The van der Waals surface area contributed by atoms with Crippen molar-refractivity contribution in [2.45, 2.75) is 20.8 Å². The van der Waals surface area contributed by atoms with Crippen LogP contribution in [-0.2, 0) is 4.79 Å². The van der Waals surface area contributed by atoms with E-state index in [0.29, 0.717) is 0 Å². The summed E-state index contributed by atoms with van der Waals surface area (Å²) in [6.07, 6.45) is 0. The molecule has 0 fully saturated rings. The minimum absolute atomic E-state index is 0.0432. The Bertz CT molecular complexity index is 597. The number of anilines is 1. The number of phenolic OH excluding ortho intramolecular Hbond substituents is 1. The predicted octanol–water partition coefficient (Wildman–Crippen LogP) is 3.53. The highest BCUT2D eigenvalue weighted by Gasteiger charge is 2.21. The van der Waals surface area contributed by atoms with Crippen molar-refractivity contribution in [2.24, 2.45) is 5.41 Å². The topological polar surface area (TPSA) is 49.3 Å². The maximum Gasteiger partial charge on any atom is 0.229 e. The van der Waals surface area contributed by atoms with Crippen molar-refractivity contribution in [1.29, 1.82) is 0 Å². The minimum Gasteiger partial charge on any atom is -0.507 e. The number of hydrogen-bond donors (Lipinski definition) is 2. The van der Waals surface area contributed by atoms with E-state index < -0.39 is 5.41 Å². The average Bonchev–Trinajstić information content (AvgIpc) is 2.29. The summed E-state index contributed by atoms with van der Waals surface area (Å²) in [7, 11) is 0. The molecule has 94 valence electrons. The normalized spacial score (nSPS) is 11.5. The van der Waals surface area contributed by atoms with Gasteiger partial charge in [0.2, 0.25) is 5.91 Å². The monoisotopic (exact) mass is 243 g/mol. The molecule has 0 saturated heterocycles. The van der Waals surface area contributed by atoms with Crippen molar-refractivity contribution in [3.8, 4) is 5.75 Å². The largest absolute Gasteiger partial charge is 0.507 e. The van der Waals surface area contributed by atoms with Gasteiger partial charge in [0.05, 0.1) is 0 Å². The van der Waals surface area contributed by atoms with Gasteiger partial charge in [-0.1, -0.05) is 45.0 Å². The third-order valence-corrected chi connectivity index (χ3v) is 2.83. The Balaban J connectivity index is 2.47. The summed E-state index contributed by atoms with van der Waals surface area (Å²) in [5.74, 6) is 0.178. The Morgan fingerprint density at radius 3 is 2.33 bits per heavy atom. The molecule has 0 heterocycles. The highest BCUT2D eigenvalue weighted by Crippen LogP contribution is 2.30. The quantitative estimate of drug-likeness (QED) is 0.805. The van der Waals surface area contributed by atoms with Crippen LogP contribution in [0.3, 0.4) is 0 Å². The number of aromatic hydroxyl groups is 1. The van der Waals surface area contributed by atoms with Crippen LogP contribution in [0.2, 0.25) is 0 Å². The fraction of sp³-hybridized carbons (Fsp3) is 0.267. The Kier molecular flexibility index (Phi) is 2.99. The standard InChI is InChI=1S/C15H17NO2/c1-15(2,3)14(18)16-12-8-4-7-11-10(12)6-5-9-13(11)17/h4-9,17H,1-3H3,(H,16,18). The molecule has 1 amide bonds. The van der Waals surface area contributed by atoms with E-state index in [9.17, 15) is 9.90 Å². The fourth-order valence-electron chi connectivity index (χ4n) is 1.71. The Labute approximate surface area is 106 Å². The molecule has 0 aliphatic rings. The summed E-state index contributed by atoms with van der Waals surface area (Å²) < 4.78 is 0. The molecule has 0 atom stereocenters. The highest BCUT2D eigenvalue weighted by atomic mass is 16.3. The van der Waals surface area contributed by atoms with Crippen LogP contribution in [0.1, 0.15) is 20.8 Å². The molecular weight excluding hydrogens is 226 g/mol. The lowest BCUT2D eigenvalue weighted by atomic mass is 9.95. The van der Waals surface area contributed by atoms with Gasteiger partial charge in [-0.15, -0.1) is 0 Å². The van der Waals surface area contributed by atoms with Gasteiger partial charge in [-0.05, 0) is 12.1 Å². The van der Waals surface area contributed by atoms with Crippen LogP contribution >= 0.6 is 0 Å². The molecule has 2 aromatic carbocycles. The van der Waals surface area contributed by atoms with Crippen LogP contribution in [-0.4, -0.2) is 11.0 Å². The second-order valence-electron chi connectivity index (χ2n) is 5.38. The van der Waals surface area contributed by atoms with Gasteiger partial charge in [-0.2, -0.15) is 0 Å². The molecule has 0 saturated carbocycles. The molecule has 3 heteroatoms. The summed E-state index contributed by atoms with van der Waals surface area (Å²) in [4.78, 5) is 12.0. The first-order valence-corrected chi connectivity index (χ1v) is 5.92. The van der Waals surface area contributed by atoms with Crippen LogP contribution in [0.25, 0.3) is 10.8 Å². The van der Waals surface area contributed by atoms with Gasteiger partial charge in [0, 0.05) is 21.9 Å². The van der Waals surface area contributed by atoms with Gasteiger partial charge < -0.3 is 10.4 Å². The number of amides is 1. The zero-order valence-electron chi connectivity index (χ0n) is 10.8. The first-order valence-electron chi connectivity index (χ1n) is 5.92. The molecule has 3 nitrogen and oxygen atoms in total. The number of hydrogen-bond acceptors (Lipinski definition) is 2. The van der Waals surface area contributed by atoms with E-state index in [0.717, 1.165) is 16.5 Å². The van der Waals surface area contributed by atoms with Crippen LogP contribution in [0.5, 0.6) is 5.75 Å². The molecule has 0 aliphatic heterocycles. The van der Waals surface area contributed by atoms with Crippen LogP contribution in [0, 0.1) is 5.41 Å². The van der Waals surface area contributed by atoms with Gasteiger partial charge >= 0.3 is 0 Å². The average molecular weight is 243 g/mol. The van der Waals surface area contributed by atoms with Crippen molar-refractivity contribution in [3.63, 3.8) is 0 Å². The summed E-state index contributed by atoms with van der Waals surface area (Å²) in [5.41, 5.74) is 0.280. The molecule has 0 bridgehead atoms. The molecule has 0 aliphatic carbocycles. The van der Waals surface area contributed by atoms with E-state index in [1.165, 1.54) is 0 Å². The van der Waals surface area contributed by atoms with E-state index in [2.05, 4.69) is 5.32 Å². The number of fused-ring (bicyclic) bond motifs is 1. The zero-order valence-corrected chi connectivity index (χ0v) is 10.8. The number of rotatable bonds is 1. The van der Waals surface area contributed by atoms with Crippen molar-refractivity contribution in [1.82, 2.24) is 0 Å². The summed E-state index contributed by atoms with van der Waals surface area (Å²) in [6, 6.07) is 10.8. The molecule has 2 N–H and O–H groups in total. The molecule has 0 spiro atoms. The first-order chi connectivity index (χ1) is 8.39. The second-order valence-corrected chi connectivity index (χ2v) is 5.38. The van der Waals surface area contributed by atoms with Crippen LogP contribution in [0.4, 0.5) is 5.69 Å². The van der Waals surface area contributed by atoms with Gasteiger partial charge in [-0.3, -0.25) is 4.79 Å². The van der Waals surface area contributed by atoms with E-state index in [1.807, 2.05) is 45.0 Å². The number of carbonyl (C=O) groups is 1. The predicted molar refractivity (Wildman–Crippen MR) is 73.7 cm³/mol. The van der Waals surface area contributed by atoms with Gasteiger partial charge in [0.25, 0.3) is 0 Å². The minimum atomic E-state index is -0.445. The van der Waals surface area contributed by atoms with Crippen LogP contribution in [0.15, 0.2) is 36.4 Å². The van der Waals surface area contributed by atoms with Crippen molar-refractivity contribution in [2.75, 3.05) is 5.32 Å². The third kappa shape index (κ3) is 2.30. The Morgan fingerprint density at radius 1 is 1.06 bits per heavy atom. The highest BCUT2D eigenvalue weighted by molar-refractivity contribution is 6.05. The molecule has 2 rings (SSSR count). The number of nitrogens with one attached hydrogen (secondary N) is 1. The van der Waals surface area contributed by atoms with Gasteiger partial charge in [0.1, 0.15) is 5.75 Å². The van der Waals surface area contributed by atoms with Crippen molar-refractivity contribution >= 4 is 22.4 Å². The summed E-state index contributed by atoms with van der Waals surface area (Å²) in [5, 5.41) is 14.3. The SMILES string of the molecule is CC(C)(C)C(=O)Nc1cccc2c(O)cccc12. The van der Waals surface area contributed by atoms with Gasteiger partial charge in [-0.25, -0.2) is 0 Å². The lowest BCUT2D eigenvalue weighted by molar-refractivity contribution is -0.123. The molecular formula is C15H17NO2. The number of phenols is 1. The van der Waals surface area contributed by atoms with E-state index in [-0.39, 0.29) is 11.7 Å². The lowest BCUT2D eigenvalue weighted by Gasteiger charge is -2.18. The Morgan fingerprint density at radius 2 is 1.67 bits per heavy atom.